The molecule has 0 aliphatic rings. The number of carbonyl (C=O) groups is 1. The van der Waals surface area contributed by atoms with E-state index in [0.29, 0.717) is 6.42 Å². The summed E-state index contributed by atoms with van der Waals surface area (Å²) in [7, 11) is -2.09. The summed E-state index contributed by atoms with van der Waals surface area (Å²) < 4.78 is 26.2. The van der Waals surface area contributed by atoms with Crippen molar-refractivity contribution in [2.45, 2.75) is 19.8 Å². The van der Waals surface area contributed by atoms with E-state index in [0.717, 1.165) is 0 Å². The Kier molecular flexibility index (Phi) is 5.66. The molecular formula is C7H16N2O4S. The third-order valence-corrected chi connectivity index (χ3v) is 2.83. The minimum absolute atomic E-state index is 0.00854. The van der Waals surface area contributed by atoms with Gasteiger partial charge in [0.1, 0.15) is 0 Å². The van der Waals surface area contributed by atoms with Gasteiger partial charge in [0, 0.05) is 20.0 Å². The van der Waals surface area contributed by atoms with Gasteiger partial charge in [0.2, 0.25) is 0 Å². The van der Waals surface area contributed by atoms with Crippen LogP contribution < -0.4 is 9.44 Å². The Morgan fingerprint density at radius 1 is 1.50 bits per heavy atom. The molecule has 6 nitrogen and oxygen atoms in total. The van der Waals surface area contributed by atoms with E-state index in [1.165, 1.54) is 7.05 Å². The van der Waals surface area contributed by atoms with Crippen molar-refractivity contribution >= 4 is 16.2 Å². The second-order valence-electron chi connectivity index (χ2n) is 3.09. The zero-order chi connectivity index (χ0) is 11.2. The van der Waals surface area contributed by atoms with Crippen molar-refractivity contribution in [2.24, 2.45) is 5.92 Å². The fourth-order valence-electron chi connectivity index (χ4n) is 0.796. The summed E-state index contributed by atoms with van der Waals surface area (Å²) in [5.74, 6) is -0.859. The minimum Gasteiger partial charge on any atom is -0.481 e. The minimum atomic E-state index is -3.40. The number of carboxylic acid groups (broad SMARTS) is 1. The summed E-state index contributed by atoms with van der Waals surface area (Å²) in [6.07, 6.45) is 0.518. The van der Waals surface area contributed by atoms with E-state index in [2.05, 4.69) is 9.44 Å². The average molecular weight is 224 g/mol. The Morgan fingerprint density at radius 3 is 2.50 bits per heavy atom. The van der Waals surface area contributed by atoms with Crippen molar-refractivity contribution in [3.8, 4) is 0 Å². The number of hydrogen-bond acceptors (Lipinski definition) is 3. The van der Waals surface area contributed by atoms with Gasteiger partial charge in [-0.25, -0.2) is 9.44 Å². The zero-order valence-corrected chi connectivity index (χ0v) is 9.10. The van der Waals surface area contributed by atoms with Gasteiger partial charge in [0.15, 0.2) is 0 Å². The molecule has 0 spiro atoms. The molecule has 0 aromatic rings. The lowest BCUT2D eigenvalue weighted by Crippen LogP contribution is -2.36. The highest BCUT2D eigenvalue weighted by atomic mass is 32.2. The van der Waals surface area contributed by atoms with Crippen molar-refractivity contribution < 1.29 is 18.3 Å². The van der Waals surface area contributed by atoms with Gasteiger partial charge < -0.3 is 5.11 Å². The number of aliphatic carboxylic acids is 1. The Balaban J connectivity index is 3.74. The second kappa shape index (κ2) is 5.94. The molecule has 0 amide bonds. The molecule has 0 radical (unpaired) electrons. The van der Waals surface area contributed by atoms with Gasteiger partial charge >= 0.3 is 5.97 Å². The van der Waals surface area contributed by atoms with Crippen LogP contribution >= 0.6 is 0 Å². The van der Waals surface area contributed by atoms with Crippen LogP contribution in [-0.4, -0.2) is 33.1 Å². The van der Waals surface area contributed by atoms with Gasteiger partial charge in [-0.15, -0.1) is 0 Å². The molecule has 0 bridgehead atoms. The molecule has 0 aromatic carbocycles. The third-order valence-electron chi connectivity index (χ3n) is 1.74. The first kappa shape index (κ1) is 13.3. The lowest BCUT2D eigenvalue weighted by atomic mass is 10.1. The third kappa shape index (κ3) is 6.81. The molecule has 0 fully saturated rings. The fourth-order valence-corrected chi connectivity index (χ4v) is 1.44. The summed E-state index contributed by atoms with van der Waals surface area (Å²) in [5.41, 5.74) is 0. The molecular weight excluding hydrogens is 208 g/mol. The molecule has 7 heteroatoms. The number of hydrogen-bond donors (Lipinski definition) is 3. The first-order chi connectivity index (χ1) is 6.37. The van der Waals surface area contributed by atoms with Crippen LogP contribution in [-0.2, 0) is 15.0 Å². The quantitative estimate of drug-likeness (QED) is 0.545. The first-order valence-corrected chi connectivity index (χ1v) is 5.75. The molecule has 0 rings (SSSR count). The Morgan fingerprint density at radius 2 is 2.07 bits per heavy atom. The van der Waals surface area contributed by atoms with Crippen LogP contribution in [0.15, 0.2) is 0 Å². The average Bonchev–Trinajstić information content (AvgIpc) is 2.11. The Bertz CT molecular complexity index is 275. The molecule has 0 saturated heterocycles. The van der Waals surface area contributed by atoms with Crippen LogP contribution in [0, 0.1) is 5.92 Å². The summed E-state index contributed by atoms with van der Waals surface area (Å²) in [6, 6.07) is 0. The van der Waals surface area contributed by atoms with E-state index in [4.69, 9.17) is 5.11 Å². The highest BCUT2D eigenvalue weighted by Crippen LogP contribution is 2.03. The Hall–Kier alpha value is -0.660. The van der Waals surface area contributed by atoms with E-state index in [-0.39, 0.29) is 18.9 Å². The van der Waals surface area contributed by atoms with Gasteiger partial charge in [0.25, 0.3) is 10.2 Å². The maximum Gasteiger partial charge on any atom is 0.303 e. The molecule has 0 aliphatic carbocycles. The van der Waals surface area contributed by atoms with Crippen LogP contribution in [0.25, 0.3) is 0 Å². The van der Waals surface area contributed by atoms with Crippen molar-refractivity contribution in [1.29, 1.82) is 0 Å². The molecule has 0 aliphatic heterocycles. The SMILES string of the molecule is CNS(=O)(=O)NCC(C)CCC(=O)O. The van der Waals surface area contributed by atoms with Crippen LogP contribution in [0.3, 0.4) is 0 Å². The molecule has 1 unspecified atom stereocenters. The smallest absolute Gasteiger partial charge is 0.303 e. The molecule has 1 atom stereocenters. The number of carboxylic acids is 1. The molecule has 3 N–H and O–H groups in total. The number of nitrogens with one attached hydrogen (secondary N) is 2. The normalized spacial score (nSPS) is 13.9. The summed E-state index contributed by atoms with van der Waals surface area (Å²) in [4.78, 5) is 10.2. The maximum absolute atomic E-state index is 10.9. The lowest BCUT2D eigenvalue weighted by Gasteiger charge is -2.10. The van der Waals surface area contributed by atoms with E-state index < -0.39 is 16.2 Å². The molecule has 14 heavy (non-hydrogen) atoms. The molecule has 0 saturated carbocycles. The fraction of sp³-hybridized carbons (Fsp3) is 0.857. The van der Waals surface area contributed by atoms with Crippen LogP contribution in [0.5, 0.6) is 0 Å². The summed E-state index contributed by atoms with van der Waals surface area (Å²) >= 11 is 0. The summed E-state index contributed by atoms with van der Waals surface area (Å²) in [6.45, 7) is 2.04. The van der Waals surface area contributed by atoms with Crippen molar-refractivity contribution in [3.63, 3.8) is 0 Å². The largest absolute Gasteiger partial charge is 0.481 e. The standard InChI is InChI=1S/C7H16N2O4S/c1-6(3-4-7(10)11)5-9-14(12,13)8-2/h6,8-9H,3-5H2,1-2H3,(H,10,11). The monoisotopic (exact) mass is 224 g/mol. The van der Waals surface area contributed by atoms with Gasteiger partial charge in [-0.3, -0.25) is 4.79 Å². The maximum atomic E-state index is 10.9. The van der Waals surface area contributed by atoms with Crippen molar-refractivity contribution in [1.82, 2.24) is 9.44 Å². The van der Waals surface area contributed by atoms with E-state index in [9.17, 15) is 13.2 Å². The predicted molar refractivity (Wildman–Crippen MR) is 52.0 cm³/mol. The van der Waals surface area contributed by atoms with Gasteiger partial charge in [-0.05, 0) is 12.3 Å². The van der Waals surface area contributed by atoms with Gasteiger partial charge in [-0.1, -0.05) is 6.92 Å². The predicted octanol–water partition coefficient (Wildman–Crippen LogP) is -0.459. The van der Waals surface area contributed by atoms with Gasteiger partial charge in [0.05, 0.1) is 0 Å². The lowest BCUT2D eigenvalue weighted by molar-refractivity contribution is -0.137. The van der Waals surface area contributed by atoms with Crippen LogP contribution in [0.2, 0.25) is 0 Å². The zero-order valence-electron chi connectivity index (χ0n) is 8.28. The highest BCUT2D eigenvalue weighted by molar-refractivity contribution is 7.87. The van der Waals surface area contributed by atoms with Crippen molar-refractivity contribution in [2.75, 3.05) is 13.6 Å². The van der Waals surface area contributed by atoms with E-state index in [1.54, 1.807) is 6.92 Å². The van der Waals surface area contributed by atoms with E-state index in [1.807, 2.05) is 0 Å². The Labute approximate surface area is 83.9 Å². The van der Waals surface area contributed by atoms with Gasteiger partial charge in [-0.2, -0.15) is 8.42 Å². The number of rotatable bonds is 7. The molecule has 0 aromatic heterocycles. The van der Waals surface area contributed by atoms with E-state index >= 15 is 0 Å². The highest BCUT2D eigenvalue weighted by Gasteiger charge is 2.10. The van der Waals surface area contributed by atoms with Crippen molar-refractivity contribution in [3.05, 3.63) is 0 Å². The molecule has 0 heterocycles. The van der Waals surface area contributed by atoms with Crippen LogP contribution in [0.4, 0.5) is 0 Å². The van der Waals surface area contributed by atoms with Crippen LogP contribution in [0.1, 0.15) is 19.8 Å². The topological polar surface area (TPSA) is 95.5 Å². The summed E-state index contributed by atoms with van der Waals surface area (Å²) in [5, 5.41) is 8.39. The first-order valence-electron chi connectivity index (χ1n) is 4.27. The second-order valence-corrected chi connectivity index (χ2v) is 4.80. The molecule has 84 valence electrons.